The summed E-state index contributed by atoms with van der Waals surface area (Å²) in [6, 6.07) is 18.6. The first-order chi connectivity index (χ1) is 10.6. The first-order valence-electron chi connectivity index (χ1n) is 7.58. The number of rotatable bonds is 6. The van der Waals surface area contributed by atoms with E-state index < -0.39 is 0 Å². The van der Waals surface area contributed by atoms with Crippen LogP contribution in [0.25, 0.3) is 0 Å². The normalized spacial score (nSPS) is 13.4. The van der Waals surface area contributed by atoms with Crippen LogP contribution in [0, 0.1) is 6.92 Å². The van der Waals surface area contributed by atoms with Crippen LogP contribution < -0.4 is 5.32 Å². The van der Waals surface area contributed by atoms with Crippen LogP contribution in [0.3, 0.4) is 0 Å². The molecule has 1 N–H and O–H groups in total. The van der Waals surface area contributed by atoms with Crippen LogP contribution >= 0.6 is 11.8 Å². The lowest BCUT2D eigenvalue weighted by Crippen LogP contribution is -2.33. The van der Waals surface area contributed by atoms with E-state index in [9.17, 15) is 4.79 Å². The first kappa shape index (κ1) is 16.6. The molecule has 0 unspecified atom stereocenters. The summed E-state index contributed by atoms with van der Waals surface area (Å²) in [6.45, 7) is 6.05. The lowest BCUT2D eigenvalue weighted by Gasteiger charge is -2.18. The second-order valence-corrected chi connectivity index (χ2v) is 6.91. The van der Waals surface area contributed by atoms with Gasteiger partial charge in [-0.25, -0.2) is 0 Å². The summed E-state index contributed by atoms with van der Waals surface area (Å²) in [6.07, 6.45) is 0. The quantitative estimate of drug-likeness (QED) is 0.851. The highest BCUT2D eigenvalue weighted by molar-refractivity contribution is 7.99. The Kier molecular flexibility index (Phi) is 6.08. The molecule has 2 atom stereocenters. The van der Waals surface area contributed by atoms with Crippen LogP contribution in [-0.2, 0) is 10.5 Å². The minimum atomic E-state index is -0.0619. The third-order valence-corrected chi connectivity index (χ3v) is 4.86. The van der Waals surface area contributed by atoms with E-state index in [2.05, 4.69) is 48.6 Å². The lowest BCUT2D eigenvalue weighted by atomic mass is 10.1. The minimum absolute atomic E-state index is 0.0351. The van der Waals surface area contributed by atoms with Gasteiger partial charge in [0.25, 0.3) is 0 Å². The Hall–Kier alpha value is -1.74. The van der Waals surface area contributed by atoms with Gasteiger partial charge in [0, 0.05) is 5.75 Å². The SMILES string of the molecule is Cc1ccc([C@@H](C)NC(=O)[C@H](C)SCc2ccccc2)cc1. The van der Waals surface area contributed by atoms with Crippen LogP contribution in [0.15, 0.2) is 54.6 Å². The molecule has 2 nitrogen and oxygen atoms in total. The van der Waals surface area contributed by atoms with Gasteiger partial charge in [-0.2, -0.15) is 0 Å². The van der Waals surface area contributed by atoms with Crippen molar-refractivity contribution in [3.8, 4) is 0 Å². The van der Waals surface area contributed by atoms with E-state index in [0.717, 1.165) is 11.3 Å². The molecule has 0 aliphatic rings. The number of hydrogen-bond donors (Lipinski definition) is 1. The van der Waals surface area contributed by atoms with E-state index in [4.69, 9.17) is 0 Å². The molecule has 116 valence electrons. The van der Waals surface area contributed by atoms with Crippen LogP contribution in [0.2, 0.25) is 0 Å². The van der Waals surface area contributed by atoms with E-state index in [1.165, 1.54) is 11.1 Å². The molecular formula is C19H23NOS. The molecule has 0 saturated carbocycles. The van der Waals surface area contributed by atoms with Gasteiger partial charge < -0.3 is 5.32 Å². The van der Waals surface area contributed by atoms with Crippen LogP contribution in [0.1, 0.15) is 36.6 Å². The third kappa shape index (κ3) is 4.92. The molecule has 0 aliphatic heterocycles. The zero-order chi connectivity index (χ0) is 15.9. The summed E-state index contributed by atoms with van der Waals surface area (Å²) in [4.78, 5) is 12.3. The summed E-state index contributed by atoms with van der Waals surface area (Å²) in [7, 11) is 0. The number of carbonyl (C=O) groups excluding carboxylic acids is 1. The Balaban J connectivity index is 1.84. The van der Waals surface area contributed by atoms with Crippen molar-refractivity contribution in [2.24, 2.45) is 0 Å². The van der Waals surface area contributed by atoms with Crippen molar-refractivity contribution >= 4 is 17.7 Å². The molecule has 22 heavy (non-hydrogen) atoms. The molecule has 0 heterocycles. The molecule has 0 radical (unpaired) electrons. The Morgan fingerprint density at radius 2 is 1.68 bits per heavy atom. The Morgan fingerprint density at radius 1 is 1.05 bits per heavy atom. The summed E-state index contributed by atoms with van der Waals surface area (Å²) in [5.41, 5.74) is 3.62. The average molecular weight is 313 g/mol. The van der Waals surface area contributed by atoms with Crippen molar-refractivity contribution in [3.63, 3.8) is 0 Å². The standard InChI is InChI=1S/C19H23NOS/c1-14-9-11-18(12-10-14)15(2)20-19(21)16(3)22-13-17-7-5-4-6-8-17/h4-12,15-16H,13H2,1-3H3,(H,20,21)/t15-,16+/m1/s1. The number of nitrogens with one attached hydrogen (secondary N) is 1. The minimum Gasteiger partial charge on any atom is -0.349 e. The van der Waals surface area contributed by atoms with E-state index in [1.807, 2.05) is 32.0 Å². The van der Waals surface area contributed by atoms with Gasteiger partial charge in [0.05, 0.1) is 11.3 Å². The van der Waals surface area contributed by atoms with Gasteiger partial charge in [-0.05, 0) is 31.9 Å². The second kappa shape index (κ2) is 8.04. The number of amides is 1. The van der Waals surface area contributed by atoms with Gasteiger partial charge in [-0.3, -0.25) is 4.79 Å². The van der Waals surface area contributed by atoms with Gasteiger partial charge in [-0.15, -0.1) is 11.8 Å². The smallest absolute Gasteiger partial charge is 0.233 e. The van der Waals surface area contributed by atoms with Crippen LogP contribution in [0.5, 0.6) is 0 Å². The predicted molar refractivity (Wildman–Crippen MR) is 94.9 cm³/mol. The molecular weight excluding hydrogens is 290 g/mol. The summed E-state index contributed by atoms with van der Waals surface area (Å²) >= 11 is 1.67. The molecule has 0 fully saturated rings. The highest BCUT2D eigenvalue weighted by Crippen LogP contribution is 2.19. The fourth-order valence-electron chi connectivity index (χ4n) is 2.14. The topological polar surface area (TPSA) is 29.1 Å². The second-order valence-electron chi connectivity index (χ2n) is 5.58. The molecule has 0 spiro atoms. The Bertz CT molecular complexity index is 595. The van der Waals surface area contributed by atoms with Crippen molar-refractivity contribution < 1.29 is 4.79 Å². The first-order valence-corrected chi connectivity index (χ1v) is 8.63. The van der Waals surface area contributed by atoms with Crippen LogP contribution in [-0.4, -0.2) is 11.2 Å². The molecule has 1 amide bonds. The Morgan fingerprint density at radius 3 is 2.32 bits per heavy atom. The molecule has 2 rings (SSSR count). The highest BCUT2D eigenvalue weighted by atomic mass is 32.2. The molecule has 0 aliphatic carbocycles. The van der Waals surface area contributed by atoms with Crippen molar-refractivity contribution in [1.82, 2.24) is 5.32 Å². The van der Waals surface area contributed by atoms with E-state index in [1.54, 1.807) is 11.8 Å². The van der Waals surface area contributed by atoms with Crippen molar-refractivity contribution in [3.05, 3.63) is 71.3 Å². The van der Waals surface area contributed by atoms with Crippen molar-refractivity contribution in [2.75, 3.05) is 0 Å². The predicted octanol–water partition coefficient (Wildman–Crippen LogP) is 4.49. The molecule has 2 aromatic rings. The molecule has 3 heteroatoms. The lowest BCUT2D eigenvalue weighted by molar-refractivity contribution is -0.120. The maximum Gasteiger partial charge on any atom is 0.233 e. The van der Waals surface area contributed by atoms with E-state index in [-0.39, 0.29) is 17.2 Å². The number of thioether (sulfide) groups is 1. The zero-order valence-electron chi connectivity index (χ0n) is 13.4. The zero-order valence-corrected chi connectivity index (χ0v) is 14.2. The van der Waals surface area contributed by atoms with E-state index in [0.29, 0.717) is 0 Å². The Labute approximate surface area is 137 Å². The van der Waals surface area contributed by atoms with E-state index >= 15 is 0 Å². The fraction of sp³-hybridized carbons (Fsp3) is 0.316. The third-order valence-electron chi connectivity index (χ3n) is 3.65. The van der Waals surface area contributed by atoms with Gasteiger partial charge in [-0.1, -0.05) is 60.2 Å². The summed E-state index contributed by atoms with van der Waals surface area (Å²) in [5, 5.41) is 3.03. The number of hydrogen-bond acceptors (Lipinski definition) is 2. The molecule has 2 aromatic carbocycles. The van der Waals surface area contributed by atoms with Gasteiger partial charge in [0.2, 0.25) is 5.91 Å². The largest absolute Gasteiger partial charge is 0.349 e. The van der Waals surface area contributed by atoms with Gasteiger partial charge >= 0.3 is 0 Å². The number of carbonyl (C=O) groups is 1. The summed E-state index contributed by atoms with van der Waals surface area (Å²) in [5.74, 6) is 0.947. The average Bonchev–Trinajstić information content (AvgIpc) is 2.54. The highest BCUT2D eigenvalue weighted by Gasteiger charge is 2.16. The molecule has 0 aromatic heterocycles. The van der Waals surface area contributed by atoms with Crippen molar-refractivity contribution in [2.45, 2.75) is 37.8 Å². The van der Waals surface area contributed by atoms with Gasteiger partial charge in [0.15, 0.2) is 0 Å². The molecule has 0 bridgehead atoms. The maximum atomic E-state index is 12.3. The van der Waals surface area contributed by atoms with Crippen molar-refractivity contribution in [1.29, 1.82) is 0 Å². The fourth-order valence-corrected chi connectivity index (χ4v) is 2.99. The van der Waals surface area contributed by atoms with Gasteiger partial charge in [0.1, 0.15) is 0 Å². The maximum absolute atomic E-state index is 12.3. The monoisotopic (exact) mass is 313 g/mol. The molecule has 0 saturated heterocycles. The number of benzene rings is 2. The summed E-state index contributed by atoms with van der Waals surface area (Å²) < 4.78 is 0. The number of aryl methyl sites for hydroxylation is 1. The van der Waals surface area contributed by atoms with Crippen LogP contribution in [0.4, 0.5) is 0 Å².